The van der Waals surface area contributed by atoms with Gasteiger partial charge in [0.05, 0.1) is 6.10 Å². The molecular formula is C11H13BrO3S. The molecule has 88 valence electrons. The zero-order valence-electron chi connectivity index (χ0n) is 8.69. The van der Waals surface area contributed by atoms with Crippen LogP contribution in [-0.2, 0) is 0 Å². The van der Waals surface area contributed by atoms with Gasteiger partial charge in [0.15, 0.2) is 11.5 Å². The summed E-state index contributed by atoms with van der Waals surface area (Å²) in [6, 6.07) is 5.86. The fraction of sp³-hybridized carbons (Fsp3) is 0.455. The lowest BCUT2D eigenvalue weighted by atomic mass is 10.3. The predicted octanol–water partition coefficient (Wildman–Crippen LogP) is 2.31. The molecule has 5 heteroatoms. The molecular weight excluding hydrogens is 292 g/mol. The molecule has 1 atom stereocenters. The molecule has 1 aromatic rings. The summed E-state index contributed by atoms with van der Waals surface area (Å²) in [6.07, 6.45) is -0.321. The van der Waals surface area contributed by atoms with Gasteiger partial charge in [0, 0.05) is 16.0 Å². The van der Waals surface area contributed by atoms with Crippen LogP contribution in [0.1, 0.15) is 0 Å². The van der Waals surface area contributed by atoms with Crippen molar-refractivity contribution in [1.82, 2.24) is 0 Å². The topological polar surface area (TPSA) is 38.7 Å². The maximum atomic E-state index is 9.43. The Kier molecular flexibility index (Phi) is 4.37. The van der Waals surface area contributed by atoms with E-state index in [0.717, 1.165) is 16.4 Å². The number of hydrogen-bond acceptors (Lipinski definition) is 4. The van der Waals surface area contributed by atoms with Crippen molar-refractivity contribution in [1.29, 1.82) is 0 Å². The number of aliphatic hydroxyl groups is 1. The number of benzene rings is 1. The highest BCUT2D eigenvalue weighted by Gasteiger charge is 2.12. The van der Waals surface area contributed by atoms with Crippen LogP contribution in [0.15, 0.2) is 23.1 Å². The molecule has 0 saturated heterocycles. The summed E-state index contributed by atoms with van der Waals surface area (Å²) in [5.41, 5.74) is 0. The van der Waals surface area contributed by atoms with Gasteiger partial charge in [-0.25, -0.2) is 0 Å². The summed E-state index contributed by atoms with van der Waals surface area (Å²) >= 11 is 4.85. The van der Waals surface area contributed by atoms with Crippen molar-refractivity contribution < 1.29 is 14.6 Å². The van der Waals surface area contributed by atoms with Crippen molar-refractivity contribution in [3.8, 4) is 11.5 Å². The van der Waals surface area contributed by atoms with Gasteiger partial charge in [0.2, 0.25) is 0 Å². The average molecular weight is 305 g/mol. The van der Waals surface area contributed by atoms with Crippen LogP contribution in [0.4, 0.5) is 0 Å². The SMILES string of the molecule is OC(CBr)CSc1ccc2c(c1)OCCO2. The second kappa shape index (κ2) is 5.80. The standard InChI is InChI=1S/C11H13BrO3S/c12-6-8(13)7-16-9-1-2-10-11(5-9)15-4-3-14-10/h1-2,5,8,13H,3-4,6-7H2. The van der Waals surface area contributed by atoms with E-state index in [4.69, 9.17) is 9.47 Å². The third kappa shape index (κ3) is 3.06. The second-order valence-electron chi connectivity index (χ2n) is 3.42. The van der Waals surface area contributed by atoms with Gasteiger partial charge < -0.3 is 14.6 Å². The average Bonchev–Trinajstić information content (AvgIpc) is 2.35. The number of aliphatic hydroxyl groups excluding tert-OH is 1. The molecule has 0 aromatic heterocycles. The molecule has 1 aromatic carbocycles. The summed E-state index contributed by atoms with van der Waals surface area (Å²) in [5, 5.41) is 10.0. The van der Waals surface area contributed by atoms with Crippen molar-refractivity contribution >= 4 is 27.7 Å². The first-order valence-corrected chi connectivity index (χ1v) is 7.17. The Balaban J connectivity index is 2.00. The normalized spacial score (nSPS) is 15.9. The summed E-state index contributed by atoms with van der Waals surface area (Å²) in [7, 11) is 0. The number of fused-ring (bicyclic) bond motifs is 1. The predicted molar refractivity (Wildman–Crippen MR) is 68.0 cm³/mol. The van der Waals surface area contributed by atoms with E-state index in [2.05, 4.69) is 15.9 Å². The molecule has 3 nitrogen and oxygen atoms in total. The fourth-order valence-electron chi connectivity index (χ4n) is 1.35. The van der Waals surface area contributed by atoms with E-state index < -0.39 is 0 Å². The summed E-state index contributed by atoms with van der Waals surface area (Å²) in [4.78, 5) is 1.09. The molecule has 0 fully saturated rings. The molecule has 0 radical (unpaired) electrons. The van der Waals surface area contributed by atoms with Gasteiger partial charge in [0.1, 0.15) is 13.2 Å². The molecule has 16 heavy (non-hydrogen) atoms. The Morgan fingerprint density at radius 3 is 2.81 bits per heavy atom. The number of hydrogen-bond donors (Lipinski definition) is 1. The van der Waals surface area contributed by atoms with Crippen molar-refractivity contribution in [3.63, 3.8) is 0 Å². The van der Waals surface area contributed by atoms with E-state index in [0.29, 0.717) is 24.3 Å². The molecule has 1 unspecified atom stereocenters. The molecule has 1 aliphatic heterocycles. The van der Waals surface area contributed by atoms with Gasteiger partial charge in [-0.2, -0.15) is 0 Å². The molecule has 0 bridgehead atoms. The monoisotopic (exact) mass is 304 g/mol. The van der Waals surface area contributed by atoms with Gasteiger partial charge in [-0.1, -0.05) is 15.9 Å². The lowest BCUT2D eigenvalue weighted by Crippen LogP contribution is -2.15. The Labute approximate surface area is 107 Å². The molecule has 1 heterocycles. The van der Waals surface area contributed by atoms with Crippen LogP contribution in [0.2, 0.25) is 0 Å². The lowest BCUT2D eigenvalue weighted by Gasteiger charge is -2.18. The van der Waals surface area contributed by atoms with Crippen molar-refractivity contribution in [2.75, 3.05) is 24.3 Å². The Bertz CT molecular complexity index is 359. The van der Waals surface area contributed by atoms with E-state index in [9.17, 15) is 5.11 Å². The summed E-state index contributed by atoms with van der Waals surface area (Å²) in [5.74, 6) is 2.27. The van der Waals surface area contributed by atoms with Gasteiger partial charge >= 0.3 is 0 Å². The highest BCUT2D eigenvalue weighted by Crippen LogP contribution is 2.34. The van der Waals surface area contributed by atoms with Crippen LogP contribution >= 0.6 is 27.7 Å². The summed E-state index contributed by atoms with van der Waals surface area (Å²) < 4.78 is 10.9. The number of ether oxygens (including phenoxy) is 2. The lowest BCUT2D eigenvalue weighted by molar-refractivity contribution is 0.171. The molecule has 2 rings (SSSR count). The van der Waals surface area contributed by atoms with Crippen molar-refractivity contribution in [3.05, 3.63) is 18.2 Å². The van der Waals surface area contributed by atoms with Gasteiger partial charge in [-0.15, -0.1) is 11.8 Å². The van der Waals surface area contributed by atoms with Crippen molar-refractivity contribution in [2.24, 2.45) is 0 Å². The minimum atomic E-state index is -0.321. The maximum Gasteiger partial charge on any atom is 0.162 e. The smallest absolute Gasteiger partial charge is 0.162 e. The van der Waals surface area contributed by atoms with Crippen LogP contribution in [0.5, 0.6) is 11.5 Å². The van der Waals surface area contributed by atoms with Crippen LogP contribution < -0.4 is 9.47 Å². The quantitative estimate of drug-likeness (QED) is 0.684. The van der Waals surface area contributed by atoms with E-state index in [1.54, 1.807) is 11.8 Å². The van der Waals surface area contributed by atoms with Crippen LogP contribution in [0, 0.1) is 0 Å². The molecule has 0 amide bonds. The van der Waals surface area contributed by atoms with Crippen LogP contribution in [-0.4, -0.2) is 35.5 Å². The number of halogens is 1. The Morgan fingerprint density at radius 2 is 2.06 bits per heavy atom. The highest BCUT2D eigenvalue weighted by molar-refractivity contribution is 9.09. The molecule has 0 saturated carbocycles. The zero-order chi connectivity index (χ0) is 11.4. The van der Waals surface area contributed by atoms with Gasteiger partial charge in [0.25, 0.3) is 0 Å². The second-order valence-corrected chi connectivity index (χ2v) is 5.17. The fourth-order valence-corrected chi connectivity index (χ4v) is 2.74. The number of alkyl halides is 1. The minimum Gasteiger partial charge on any atom is -0.486 e. The number of thioether (sulfide) groups is 1. The van der Waals surface area contributed by atoms with E-state index in [1.165, 1.54) is 0 Å². The third-order valence-corrected chi connectivity index (χ3v) is 4.02. The first-order chi connectivity index (χ1) is 7.79. The van der Waals surface area contributed by atoms with Gasteiger partial charge in [-0.3, -0.25) is 0 Å². The zero-order valence-corrected chi connectivity index (χ0v) is 11.1. The van der Waals surface area contributed by atoms with E-state index in [-0.39, 0.29) is 6.10 Å². The first-order valence-electron chi connectivity index (χ1n) is 5.06. The Hall–Kier alpha value is -0.390. The first kappa shape index (κ1) is 12.1. The third-order valence-electron chi connectivity index (χ3n) is 2.13. The van der Waals surface area contributed by atoms with Crippen LogP contribution in [0.3, 0.4) is 0 Å². The van der Waals surface area contributed by atoms with Crippen molar-refractivity contribution in [2.45, 2.75) is 11.0 Å². The Morgan fingerprint density at radius 1 is 1.31 bits per heavy atom. The number of rotatable bonds is 4. The highest BCUT2D eigenvalue weighted by atomic mass is 79.9. The minimum absolute atomic E-state index is 0.321. The van der Waals surface area contributed by atoms with Gasteiger partial charge in [-0.05, 0) is 18.2 Å². The largest absolute Gasteiger partial charge is 0.486 e. The molecule has 1 N–H and O–H groups in total. The summed E-state index contributed by atoms with van der Waals surface area (Å²) in [6.45, 7) is 1.22. The van der Waals surface area contributed by atoms with E-state index >= 15 is 0 Å². The maximum absolute atomic E-state index is 9.43. The molecule has 0 aliphatic carbocycles. The molecule has 1 aliphatic rings. The van der Waals surface area contributed by atoms with Crippen LogP contribution in [0.25, 0.3) is 0 Å². The molecule has 0 spiro atoms. The van der Waals surface area contributed by atoms with E-state index in [1.807, 2.05) is 18.2 Å².